The number of pyridine rings is 1. The van der Waals surface area contributed by atoms with Crippen LogP contribution < -0.4 is 5.43 Å². The number of thioether (sulfide) groups is 1. The molecule has 0 saturated heterocycles. The lowest BCUT2D eigenvalue weighted by Crippen LogP contribution is -2.17. The number of carbonyl (C=O) groups is 1. The van der Waals surface area contributed by atoms with Crippen molar-refractivity contribution in [3.8, 4) is 16.9 Å². The van der Waals surface area contributed by atoms with E-state index in [0.29, 0.717) is 11.3 Å². The molecule has 3 aromatic heterocycles. The fourth-order valence-electron chi connectivity index (χ4n) is 3.81. The van der Waals surface area contributed by atoms with Crippen molar-refractivity contribution < 1.29 is 4.79 Å². The second-order valence-electron chi connectivity index (χ2n) is 8.57. The van der Waals surface area contributed by atoms with Gasteiger partial charge in [0.1, 0.15) is 5.69 Å². The molecule has 5 aromatic rings. The topological polar surface area (TPSA) is 98.0 Å². The van der Waals surface area contributed by atoms with Crippen molar-refractivity contribution in [2.45, 2.75) is 24.8 Å². The zero-order valence-corrected chi connectivity index (χ0v) is 21.8. The van der Waals surface area contributed by atoms with Crippen LogP contribution in [0.1, 0.15) is 32.9 Å². The van der Waals surface area contributed by atoms with E-state index >= 15 is 0 Å². The van der Waals surface area contributed by atoms with Gasteiger partial charge in [0, 0.05) is 52.4 Å². The third kappa shape index (κ3) is 6.19. The van der Waals surface area contributed by atoms with Crippen LogP contribution in [-0.4, -0.2) is 36.9 Å². The van der Waals surface area contributed by atoms with Crippen molar-refractivity contribution in [1.29, 1.82) is 0 Å². The SMILES string of the molecule is Cc1cc(C)nc(SCc2ccc(C(=O)N/N=C/c3cn(-c4ccccc4)nc3-c3cccnc3)cc2)n1. The fourth-order valence-corrected chi connectivity index (χ4v) is 4.71. The van der Waals surface area contributed by atoms with E-state index in [1.54, 1.807) is 47.2 Å². The van der Waals surface area contributed by atoms with Crippen LogP contribution in [0.3, 0.4) is 0 Å². The summed E-state index contributed by atoms with van der Waals surface area (Å²) >= 11 is 1.57. The summed E-state index contributed by atoms with van der Waals surface area (Å²) in [7, 11) is 0. The normalized spacial score (nSPS) is 11.1. The maximum Gasteiger partial charge on any atom is 0.271 e. The second kappa shape index (κ2) is 11.6. The van der Waals surface area contributed by atoms with Gasteiger partial charge < -0.3 is 0 Å². The van der Waals surface area contributed by atoms with Gasteiger partial charge in [-0.3, -0.25) is 9.78 Å². The second-order valence-corrected chi connectivity index (χ2v) is 9.52. The van der Waals surface area contributed by atoms with Crippen molar-refractivity contribution in [2.24, 2.45) is 5.10 Å². The number of aromatic nitrogens is 5. The number of amides is 1. The molecular weight excluding hydrogens is 494 g/mol. The Morgan fingerprint density at radius 2 is 1.76 bits per heavy atom. The zero-order chi connectivity index (χ0) is 26.3. The minimum absolute atomic E-state index is 0.295. The quantitative estimate of drug-likeness (QED) is 0.128. The molecule has 38 heavy (non-hydrogen) atoms. The number of hydrogen-bond acceptors (Lipinski definition) is 7. The minimum atomic E-state index is -0.295. The predicted octanol–water partition coefficient (Wildman–Crippen LogP) is 5.40. The molecule has 0 radical (unpaired) electrons. The molecule has 9 heteroatoms. The van der Waals surface area contributed by atoms with Gasteiger partial charge in [-0.05, 0) is 61.9 Å². The number of rotatable bonds is 8. The summed E-state index contributed by atoms with van der Waals surface area (Å²) in [5.74, 6) is 0.419. The average Bonchev–Trinajstić information content (AvgIpc) is 3.37. The molecule has 0 fully saturated rings. The Morgan fingerprint density at radius 3 is 2.47 bits per heavy atom. The van der Waals surface area contributed by atoms with Crippen molar-refractivity contribution in [3.63, 3.8) is 0 Å². The molecule has 0 aliphatic carbocycles. The van der Waals surface area contributed by atoms with E-state index in [1.165, 1.54) is 0 Å². The highest BCUT2D eigenvalue weighted by molar-refractivity contribution is 7.98. The first-order valence-corrected chi connectivity index (χ1v) is 13.0. The smallest absolute Gasteiger partial charge is 0.267 e. The first kappa shape index (κ1) is 25.0. The number of para-hydroxylation sites is 1. The van der Waals surface area contributed by atoms with Gasteiger partial charge in [0.05, 0.1) is 11.9 Å². The number of hydrogen-bond donors (Lipinski definition) is 1. The zero-order valence-electron chi connectivity index (χ0n) is 20.9. The fraction of sp³-hybridized carbons (Fsp3) is 0.103. The van der Waals surface area contributed by atoms with Gasteiger partial charge >= 0.3 is 0 Å². The molecule has 1 N–H and O–H groups in total. The van der Waals surface area contributed by atoms with Crippen molar-refractivity contribution in [1.82, 2.24) is 30.2 Å². The Balaban J connectivity index is 1.26. The van der Waals surface area contributed by atoms with Crippen LogP contribution in [0, 0.1) is 13.8 Å². The van der Waals surface area contributed by atoms with Gasteiger partial charge in [0.25, 0.3) is 5.91 Å². The summed E-state index contributed by atoms with van der Waals surface area (Å²) in [6, 6.07) is 23.0. The summed E-state index contributed by atoms with van der Waals surface area (Å²) in [6.45, 7) is 3.92. The molecule has 8 nitrogen and oxygen atoms in total. The lowest BCUT2D eigenvalue weighted by molar-refractivity contribution is 0.0955. The Labute approximate surface area is 224 Å². The molecule has 1 amide bonds. The van der Waals surface area contributed by atoms with E-state index in [2.05, 4.69) is 25.5 Å². The molecule has 3 heterocycles. The third-order valence-electron chi connectivity index (χ3n) is 5.61. The van der Waals surface area contributed by atoms with Gasteiger partial charge in [-0.15, -0.1) is 0 Å². The lowest BCUT2D eigenvalue weighted by atomic mass is 10.1. The van der Waals surface area contributed by atoms with Gasteiger partial charge in [0.2, 0.25) is 0 Å². The summed E-state index contributed by atoms with van der Waals surface area (Å²) in [5, 5.41) is 9.68. The molecule has 0 spiro atoms. The van der Waals surface area contributed by atoms with E-state index in [9.17, 15) is 4.79 Å². The van der Waals surface area contributed by atoms with Crippen molar-refractivity contribution >= 4 is 23.9 Å². The van der Waals surface area contributed by atoms with Crippen LogP contribution in [0.4, 0.5) is 0 Å². The minimum Gasteiger partial charge on any atom is -0.267 e. The van der Waals surface area contributed by atoms with Crippen molar-refractivity contribution in [3.05, 3.63) is 119 Å². The maximum absolute atomic E-state index is 12.7. The molecule has 188 valence electrons. The first-order valence-electron chi connectivity index (χ1n) is 12.0. The number of nitrogens with one attached hydrogen (secondary N) is 1. The van der Waals surface area contributed by atoms with Gasteiger partial charge in [-0.25, -0.2) is 20.1 Å². The summed E-state index contributed by atoms with van der Waals surface area (Å²) < 4.78 is 1.78. The van der Waals surface area contributed by atoms with Crippen molar-refractivity contribution in [2.75, 3.05) is 0 Å². The molecule has 0 aliphatic heterocycles. The summed E-state index contributed by atoms with van der Waals surface area (Å²) in [5.41, 5.74) is 9.36. The molecule has 0 aliphatic rings. The van der Waals surface area contributed by atoms with E-state index in [0.717, 1.165) is 44.6 Å². The van der Waals surface area contributed by atoms with Gasteiger partial charge in [-0.2, -0.15) is 10.2 Å². The Hall–Kier alpha value is -4.63. The molecule has 0 atom stereocenters. The van der Waals surface area contributed by atoms with E-state index in [4.69, 9.17) is 5.10 Å². The standard InChI is InChI=1S/C29H25N7OS/c1-20-15-21(2)33-29(32-20)38-19-22-10-12-23(13-11-22)28(37)34-31-17-25-18-36(26-8-4-3-5-9-26)35-27(25)24-7-6-14-30-16-24/h3-18H,19H2,1-2H3,(H,34,37)/b31-17+. The number of nitrogens with zero attached hydrogens (tertiary/aromatic N) is 6. The molecule has 0 bridgehead atoms. The Morgan fingerprint density at radius 1 is 1.00 bits per heavy atom. The highest BCUT2D eigenvalue weighted by Crippen LogP contribution is 2.22. The van der Waals surface area contributed by atoms with Crippen LogP contribution in [0.15, 0.2) is 102 Å². The molecule has 5 rings (SSSR count). The van der Waals surface area contributed by atoms with Crippen LogP contribution in [0.2, 0.25) is 0 Å². The molecule has 0 unspecified atom stereocenters. The Kier molecular flexibility index (Phi) is 7.65. The number of aryl methyl sites for hydroxylation is 2. The monoisotopic (exact) mass is 519 g/mol. The van der Waals surface area contributed by atoms with Crippen LogP contribution in [0.5, 0.6) is 0 Å². The van der Waals surface area contributed by atoms with Crippen LogP contribution in [-0.2, 0) is 5.75 Å². The largest absolute Gasteiger partial charge is 0.271 e. The van der Waals surface area contributed by atoms with Crippen LogP contribution in [0.25, 0.3) is 16.9 Å². The predicted molar refractivity (Wildman–Crippen MR) is 149 cm³/mol. The average molecular weight is 520 g/mol. The molecule has 0 saturated carbocycles. The maximum atomic E-state index is 12.7. The van der Waals surface area contributed by atoms with E-state index in [1.807, 2.05) is 80.7 Å². The molecule has 2 aromatic carbocycles. The Bertz CT molecular complexity index is 1550. The van der Waals surface area contributed by atoms with Gasteiger partial charge in [0.15, 0.2) is 5.16 Å². The van der Waals surface area contributed by atoms with Gasteiger partial charge in [-0.1, -0.05) is 42.1 Å². The lowest BCUT2D eigenvalue weighted by Gasteiger charge is -2.05. The highest BCUT2D eigenvalue weighted by Gasteiger charge is 2.12. The van der Waals surface area contributed by atoms with E-state index in [-0.39, 0.29) is 5.91 Å². The number of hydrazone groups is 1. The third-order valence-corrected chi connectivity index (χ3v) is 6.53. The number of carbonyl (C=O) groups excluding carboxylic acids is 1. The highest BCUT2D eigenvalue weighted by atomic mass is 32.2. The number of benzene rings is 2. The van der Waals surface area contributed by atoms with E-state index < -0.39 is 0 Å². The summed E-state index contributed by atoms with van der Waals surface area (Å²) in [6.07, 6.45) is 6.94. The van der Waals surface area contributed by atoms with Crippen LogP contribution >= 0.6 is 11.8 Å². The molecular formula is C29H25N7OS. The first-order chi connectivity index (χ1) is 18.5. The summed E-state index contributed by atoms with van der Waals surface area (Å²) in [4.78, 5) is 25.8.